The molecule has 1 fully saturated rings. The zero-order valence-corrected chi connectivity index (χ0v) is 16.0. The highest BCUT2D eigenvalue weighted by molar-refractivity contribution is 5.79. The molecule has 1 aromatic heterocycles. The van der Waals surface area contributed by atoms with E-state index in [1.54, 1.807) is 0 Å². The van der Waals surface area contributed by atoms with Crippen molar-refractivity contribution in [2.45, 2.75) is 38.9 Å². The molecule has 29 heavy (non-hydrogen) atoms. The van der Waals surface area contributed by atoms with Crippen LogP contribution in [-0.2, 0) is 23.9 Å². The molecule has 3 N–H and O–H groups in total. The van der Waals surface area contributed by atoms with Crippen molar-refractivity contribution in [2.75, 3.05) is 23.7 Å². The molecule has 7 nitrogen and oxygen atoms in total. The number of rotatable bonds is 5. The van der Waals surface area contributed by atoms with E-state index < -0.39 is 11.7 Å². The van der Waals surface area contributed by atoms with Crippen LogP contribution in [-0.4, -0.2) is 33.9 Å². The minimum atomic E-state index is -4.45. The van der Waals surface area contributed by atoms with Gasteiger partial charge in [-0.1, -0.05) is 25.1 Å². The number of halogens is 3. The lowest BCUT2D eigenvalue weighted by atomic mass is 9.96. The average Bonchev–Trinajstić information content (AvgIpc) is 2.71. The Hall–Kier alpha value is -2.91. The first kappa shape index (κ1) is 20.8. The second-order valence-electron chi connectivity index (χ2n) is 6.90. The van der Waals surface area contributed by atoms with Gasteiger partial charge in [0, 0.05) is 32.0 Å². The quantitative estimate of drug-likeness (QED) is 0.789. The number of nitrogens with one attached hydrogen (secondary N) is 1. The van der Waals surface area contributed by atoms with Crippen LogP contribution in [0.25, 0.3) is 0 Å². The lowest BCUT2D eigenvalue weighted by Crippen LogP contribution is -2.41. The molecule has 3 rings (SSSR count). The van der Waals surface area contributed by atoms with E-state index in [0.29, 0.717) is 44.1 Å². The van der Waals surface area contributed by atoms with Gasteiger partial charge < -0.3 is 16.0 Å². The number of carbonyl (C=O) groups excluding carboxylic acids is 1. The van der Waals surface area contributed by atoms with Crippen molar-refractivity contribution in [1.29, 1.82) is 0 Å². The predicted molar refractivity (Wildman–Crippen MR) is 102 cm³/mol. The van der Waals surface area contributed by atoms with Crippen molar-refractivity contribution in [1.82, 2.24) is 20.3 Å². The summed E-state index contributed by atoms with van der Waals surface area (Å²) in [5.41, 5.74) is 5.05. The monoisotopic (exact) mass is 408 g/mol. The second kappa shape index (κ2) is 8.62. The molecule has 1 aliphatic heterocycles. The third-order valence-corrected chi connectivity index (χ3v) is 4.93. The maximum Gasteiger partial charge on any atom is 0.416 e. The number of amides is 1. The molecule has 1 aliphatic rings. The number of nitrogens with two attached hydrogens (primary N) is 1. The number of carbonyl (C=O) groups is 1. The smallest absolute Gasteiger partial charge is 0.368 e. The van der Waals surface area contributed by atoms with Gasteiger partial charge in [-0.15, -0.1) is 0 Å². The highest BCUT2D eigenvalue weighted by atomic mass is 19.4. The summed E-state index contributed by atoms with van der Waals surface area (Å²) in [6.45, 7) is 2.89. The molecule has 1 amide bonds. The fourth-order valence-electron chi connectivity index (χ4n) is 3.34. The van der Waals surface area contributed by atoms with E-state index in [1.165, 1.54) is 18.2 Å². The summed E-state index contributed by atoms with van der Waals surface area (Å²) < 4.78 is 39.2. The Morgan fingerprint density at radius 2 is 1.90 bits per heavy atom. The van der Waals surface area contributed by atoms with E-state index >= 15 is 0 Å². The lowest BCUT2D eigenvalue weighted by molar-refractivity contribution is -0.138. The molecule has 1 saturated heterocycles. The first-order valence-corrected chi connectivity index (χ1v) is 9.46. The van der Waals surface area contributed by atoms with E-state index in [4.69, 9.17) is 5.73 Å². The number of hydrogen-bond donors (Lipinski definition) is 2. The van der Waals surface area contributed by atoms with Gasteiger partial charge in [-0.2, -0.15) is 28.1 Å². The van der Waals surface area contributed by atoms with Crippen LogP contribution in [0, 0.1) is 5.92 Å². The third-order valence-electron chi connectivity index (χ3n) is 4.93. The second-order valence-corrected chi connectivity index (χ2v) is 6.90. The van der Waals surface area contributed by atoms with Gasteiger partial charge in [0.15, 0.2) is 0 Å². The number of benzene rings is 1. The van der Waals surface area contributed by atoms with Crippen molar-refractivity contribution in [2.24, 2.45) is 5.92 Å². The minimum absolute atomic E-state index is 0.0542. The van der Waals surface area contributed by atoms with Crippen LogP contribution in [0.1, 0.15) is 36.7 Å². The average molecular weight is 408 g/mol. The fourth-order valence-corrected chi connectivity index (χ4v) is 3.34. The Labute approximate surface area is 166 Å². The molecular formula is C19H23F3N6O. The molecule has 2 heterocycles. The standard InChI is InChI=1S/C19H23F3N6O/c1-2-15-25-17(23)27-18(26-15)28-9-7-12(8-10-28)16(29)24-11-13-5-3-4-6-14(13)19(20,21)22/h3-6,12H,2,7-11H2,1H3,(H,24,29)(H2,23,25,26,27). The minimum Gasteiger partial charge on any atom is -0.368 e. The van der Waals surface area contributed by atoms with Crippen LogP contribution in [0.4, 0.5) is 25.1 Å². The maximum absolute atomic E-state index is 13.1. The first-order valence-electron chi connectivity index (χ1n) is 9.46. The van der Waals surface area contributed by atoms with E-state index in [9.17, 15) is 18.0 Å². The number of anilines is 2. The Bertz CT molecular complexity index is 865. The molecule has 0 bridgehead atoms. The van der Waals surface area contributed by atoms with Crippen LogP contribution in [0.2, 0.25) is 0 Å². The summed E-state index contributed by atoms with van der Waals surface area (Å²) in [7, 11) is 0. The van der Waals surface area contributed by atoms with Gasteiger partial charge >= 0.3 is 6.18 Å². The van der Waals surface area contributed by atoms with Crippen molar-refractivity contribution < 1.29 is 18.0 Å². The molecule has 0 saturated carbocycles. The van der Waals surface area contributed by atoms with Gasteiger partial charge in [0.2, 0.25) is 17.8 Å². The van der Waals surface area contributed by atoms with Gasteiger partial charge in [-0.3, -0.25) is 4.79 Å². The number of aromatic nitrogens is 3. The van der Waals surface area contributed by atoms with Gasteiger partial charge in [0.05, 0.1) is 5.56 Å². The number of nitrogen functional groups attached to an aromatic ring is 1. The Balaban J connectivity index is 1.57. The van der Waals surface area contributed by atoms with E-state index in [1.807, 2.05) is 11.8 Å². The molecule has 0 spiro atoms. The SMILES string of the molecule is CCc1nc(N)nc(N2CCC(C(=O)NCc3ccccc3C(F)(F)F)CC2)n1. The molecule has 0 atom stereocenters. The normalized spacial score (nSPS) is 15.4. The van der Waals surface area contributed by atoms with E-state index in [2.05, 4.69) is 20.3 Å². The largest absolute Gasteiger partial charge is 0.416 e. The summed E-state index contributed by atoms with van der Waals surface area (Å²) in [6, 6.07) is 5.26. The highest BCUT2D eigenvalue weighted by Gasteiger charge is 2.33. The van der Waals surface area contributed by atoms with E-state index in [-0.39, 0.29) is 29.9 Å². The van der Waals surface area contributed by atoms with Crippen LogP contribution in [0.3, 0.4) is 0 Å². The van der Waals surface area contributed by atoms with Crippen LogP contribution >= 0.6 is 0 Å². The number of alkyl halides is 3. The van der Waals surface area contributed by atoms with Crippen LogP contribution in [0.5, 0.6) is 0 Å². The molecule has 2 aromatic rings. The van der Waals surface area contributed by atoms with Gasteiger partial charge in [0.25, 0.3) is 0 Å². The molecule has 156 valence electrons. The molecule has 0 aliphatic carbocycles. The summed E-state index contributed by atoms with van der Waals surface area (Å²) in [5, 5.41) is 2.64. The first-order chi connectivity index (χ1) is 13.8. The van der Waals surface area contributed by atoms with Gasteiger partial charge in [0.1, 0.15) is 5.82 Å². The van der Waals surface area contributed by atoms with Crippen molar-refractivity contribution in [3.63, 3.8) is 0 Å². The summed E-state index contributed by atoms with van der Waals surface area (Å²) in [6.07, 6.45) is -2.70. The zero-order chi connectivity index (χ0) is 21.0. The number of piperidine rings is 1. The van der Waals surface area contributed by atoms with Crippen molar-refractivity contribution >= 4 is 17.8 Å². The Morgan fingerprint density at radius 3 is 2.55 bits per heavy atom. The molecule has 10 heteroatoms. The number of aryl methyl sites for hydroxylation is 1. The Morgan fingerprint density at radius 1 is 1.21 bits per heavy atom. The summed E-state index contributed by atoms with van der Waals surface area (Å²) in [4.78, 5) is 27.0. The predicted octanol–water partition coefficient (Wildman–Crippen LogP) is 2.57. The van der Waals surface area contributed by atoms with Gasteiger partial charge in [-0.05, 0) is 24.5 Å². The highest BCUT2D eigenvalue weighted by Crippen LogP contribution is 2.32. The summed E-state index contributed by atoms with van der Waals surface area (Å²) >= 11 is 0. The number of nitrogens with zero attached hydrogens (tertiary/aromatic N) is 4. The molecule has 0 radical (unpaired) electrons. The van der Waals surface area contributed by atoms with E-state index in [0.717, 1.165) is 6.07 Å². The third kappa shape index (κ3) is 5.12. The fraction of sp³-hybridized carbons (Fsp3) is 0.474. The molecular weight excluding hydrogens is 385 g/mol. The Kier molecular flexibility index (Phi) is 6.19. The molecule has 0 unspecified atom stereocenters. The lowest BCUT2D eigenvalue weighted by Gasteiger charge is -2.31. The van der Waals surface area contributed by atoms with Crippen molar-refractivity contribution in [3.05, 3.63) is 41.2 Å². The van der Waals surface area contributed by atoms with Gasteiger partial charge in [-0.25, -0.2) is 0 Å². The summed E-state index contributed by atoms with van der Waals surface area (Å²) in [5.74, 6) is 0.748. The zero-order valence-electron chi connectivity index (χ0n) is 16.0. The topological polar surface area (TPSA) is 97.0 Å². The van der Waals surface area contributed by atoms with Crippen LogP contribution < -0.4 is 16.0 Å². The number of hydrogen-bond acceptors (Lipinski definition) is 6. The maximum atomic E-state index is 13.1. The van der Waals surface area contributed by atoms with Crippen molar-refractivity contribution in [3.8, 4) is 0 Å². The van der Waals surface area contributed by atoms with Crippen LogP contribution in [0.15, 0.2) is 24.3 Å². The molecule has 1 aromatic carbocycles.